The fourth-order valence-corrected chi connectivity index (χ4v) is 2.75. The van der Waals surface area contributed by atoms with E-state index in [4.69, 9.17) is 18.9 Å². The summed E-state index contributed by atoms with van der Waals surface area (Å²) in [5.41, 5.74) is 2.45. The molecule has 0 saturated carbocycles. The normalized spacial score (nSPS) is 11.8. The van der Waals surface area contributed by atoms with Gasteiger partial charge in [0.2, 0.25) is 5.75 Å². The van der Waals surface area contributed by atoms with Crippen molar-refractivity contribution in [1.82, 2.24) is 0 Å². The predicted molar refractivity (Wildman–Crippen MR) is 111 cm³/mol. The quantitative estimate of drug-likeness (QED) is 0.429. The lowest BCUT2D eigenvalue weighted by Crippen LogP contribution is -2.12. The van der Waals surface area contributed by atoms with E-state index in [2.05, 4.69) is 0 Å². The van der Waals surface area contributed by atoms with Crippen molar-refractivity contribution in [2.75, 3.05) is 6.61 Å². The van der Waals surface area contributed by atoms with Gasteiger partial charge in [0.1, 0.15) is 12.4 Å². The van der Waals surface area contributed by atoms with Crippen molar-refractivity contribution in [2.24, 2.45) is 0 Å². The van der Waals surface area contributed by atoms with Gasteiger partial charge in [-0.2, -0.15) is 9.90 Å². The molecule has 8 heteroatoms. The molecule has 7 nitrogen and oxygen atoms in total. The van der Waals surface area contributed by atoms with Gasteiger partial charge in [0.15, 0.2) is 11.5 Å². The molecule has 1 aliphatic rings. The van der Waals surface area contributed by atoms with E-state index < -0.39 is 11.9 Å². The summed E-state index contributed by atoms with van der Waals surface area (Å²) in [5, 5.41) is 0. The fourth-order valence-electron chi connectivity index (χ4n) is 2.75. The minimum absolute atomic E-state index is 0. The highest BCUT2D eigenvalue weighted by atomic mass is 31.0. The highest BCUT2D eigenvalue weighted by Crippen LogP contribution is 2.44. The Morgan fingerprint density at radius 3 is 2.03 bits per heavy atom. The van der Waals surface area contributed by atoms with Crippen molar-refractivity contribution >= 4 is 39.5 Å². The Bertz CT molecular complexity index is 977. The Morgan fingerprint density at radius 2 is 1.45 bits per heavy atom. The van der Waals surface area contributed by atoms with Crippen LogP contribution in [0.4, 0.5) is 0 Å². The van der Waals surface area contributed by atoms with Gasteiger partial charge >= 0.3 is 17.9 Å². The van der Waals surface area contributed by atoms with E-state index >= 15 is 0 Å². The summed E-state index contributed by atoms with van der Waals surface area (Å²) >= 11 is 0. The maximum absolute atomic E-state index is 11.5. The zero-order chi connectivity index (χ0) is 20.3. The monoisotopic (exact) mass is 416 g/mol. The van der Waals surface area contributed by atoms with E-state index in [9.17, 15) is 14.4 Å². The number of fused-ring (bicyclic) bond motifs is 1. The predicted octanol–water partition coefficient (Wildman–Crippen LogP) is 3.45. The van der Waals surface area contributed by atoms with Gasteiger partial charge in [-0.25, -0.2) is 0 Å². The number of benzene rings is 2. The zero-order valence-electron chi connectivity index (χ0n) is 16.3. The number of carbonyl (C=O) groups excluding carboxylic acids is 3. The lowest BCUT2D eigenvalue weighted by molar-refractivity contribution is -0.134. The maximum atomic E-state index is 11.5. The SMILES string of the molecule is CC(=O)Oc1ccc(C2=Cc3ccc(OC(C)=O)c(OC(C)=O)c3OC2)cc1.P. The Hall–Kier alpha value is -3.18. The van der Waals surface area contributed by atoms with Gasteiger partial charge in [-0.3, -0.25) is 14.4 Å². The molecule has 1 atom stereocenters. The van der Waals surface area contributed by atoms with E-state index in [1.807, 2.05) is 18.2 Å². The average Bonchev–Trinajstić information content (AvgIpc) is 2.62. The van der Waals surface area contributed by atoms with Gasteiger partial charge in [-0.15, -0.1) is 0 Å². The summed E-state index contributed by atoms with van der Waals surface area (Å²) < 4.78 is 21.2. The largest absolute Gasteiger partial charge is 0.484 e. The van der Waals surface area contributed by atoms with Crippen molar-refractivity contribution < 1.29 is 33.3 Å². The van der Waals surface area contributed by atoms with Crippen LogP contribution in [0, 0.1) is 0 Å². The van der Waals surface area contributed by atoms with Gasteiger partial charge in [0.05, 0.1) is 0 Å². The van der Waals surface area contributed by atoms with E-state index in [-0.39, 0.29) is 34.0 Å². The molecule has 29 heavy (non-hydrogen) atoms. The molecule has 0 saturated heterocycles. The van der Waals surface area contributed by atoms with E-state index in [1.54, 1.807) is 24.3 Å². The Kier molecular flexibility index (Phi) is 7.13. The number of ether oxygens (including phenoxy) is 4. The number of carbonyl (C=O) groups is 3. The molecule has 0 radical (unpaired) electrons. The fraction of sp³-hybridized carbons (Fsp3) is 0.190. The van der Waals surface area contributed by atoms with Crippen LogP contribution in [0.3, 0.4) is 0 Å². The van der Waals surface area contributed by atoms with Crippen LogP contribution in [-0.4, -0.2) is 24.5 Å². The van der Waals surface area contributed by atoms with Gasteiger partial charge in [-0.1, -0.05) is 12.1 Å². The average molecular weight is 416 g/mol. The van der Waals surface area contributed by atoms with Gasteiger partial charge in [-0.05, 0) is 41.5 Å². The molecule has 0 aromatic heterocycles. The van der Waals surface area contributed by atoms with Crippen LogP contribution >= 0.6 is 9.90 Å². The molecule has 2 aromatic rings. The van der Waals surface area contributed by atoms with Gasteiger partial charge in [0, 0.05) is 26.3 Å². The van der Waals surface area contributed by atoms with Crippen LogP contribution in [0.15, 0.2) is 36.4 Å². The summed E-state index contributed by atoms with van der Waals surface area (Å²) in [5.74, 6) is -0.505. The second-order valence-corrected chi connectivity index (χ2v) is 6.07. The second kappa shape index (κ2) is 9.34. The first-order valence-electron chi connectivity index (χ1n) is 8.49. The molecule has 0 bridgehead atoms. The molecule has 2 aromatic carbocycles. The third-order valence-electron chi connectivity index (χ3n) is 3.79. The second-order valence-electron chi connectivity index (χ2n) is 6.07. The summed E-state index contributed by atoms with van der Waals surface area (Å²) in [7, 11) is 0. The number of hydrogen-bond donors (Lipinski definition) is 0. The van der Waals surface area contributed by atoms with E-state index in [0.717, 1.165) is 11.1 Å². The van der Waals surface area contributed by atoms with Crippen LogP contribution in [0.1, 0.15) is 31.9 Å². The first kappa shape index (κ1) is 22.1. The van der Waals surface area contributed by atoms with E-state index in [0.29, 0.717) is 17.1 Å². The van der Waals surface area contributed by atoms with Crippen LogP contribution < -0.4 is 18.9 Å². The van der Waals surface area contributed by atoms with Crippen LogP contribution in [0.2, 0.25) is 0 Å². The molecular formula is C21H21O7P. The van der Waals surface area contributed by atoms with E-state index in [1.165, 1.54) is 20.8 Å². The van der Waals surface area contributed by atoms with Gasteiger partial charge < -0.3 is 18.9 Å². The molecule has 1 heterocycles. The Balaban J connectivity index is 0.00000300. The van der Waals surface area contributed by atoms with Crippen molar-refractivity contribution in [3.8, 4) is 23.0 Å². The number of hydrogen-bond acceptors (Lipinski definition) is 7. The summed E-state index contributed by atoms with van der Waals surface area (Å²) in [6, 6.07) is 10.3. The molecule has 152 valence electrons. The molecule has 0 N–H and O–H groups in total. The van der Waals surface area contributed by atoms with Crippen LogP contribution in [0.5, 0.6) is 23.0 Å². The summed E-state index contributed by atoms with van der Waals surface area (Å²) in [6.45, 7) is 4.08. The standard InChI is InChI=1S/C21H18O7.H3P/c1-12(22)26-18-7-4-15(5-8-18)17-10-16-6-9-19(27-13(2)23)21(28-14(3)24)20(16)25-11-17;/h4-10H,11H2,1-3H3;1H3. The summed E-state index contributed by atoms with van der Waals surface area (Å²) in [4.78, 5) is 33.8. The molecule has 0 spiro atoms. The van der Waals surface area contributed by atoms with Gasteiger partial charge in [0.25, 0.3) is 0 Å². The van der Waals surface area contributed by atoms with Crippen molar-refractivity contribution in [1.29, 1.82) is 0 Å². The molecule has 1 aliphatic heterocycles. The Labute approximate surface area is 171 Å². The third kappa shape index (κ3) is 5.42. The smallest absolute Gasteiger partial charge is 0.308 e. The van der Waals surface area contributed by atoms with Crippen LogP contribution in [-0.2, 0) is 14.4 Å². The minimum atomic E-state index is -0.554. The lowest BCUT2D eigenvalue weighted by Gasteiger charge is -2.22. The first-order valence-corrected chi connectivity index (χ1v) is 8.49. The highest BCUT2D eigenvalue weighted by molar-refractivity contribution is 6.92. The molecule has 0 aliphatic carbocycles. The number of rotatable bonds is 4. The van der Waals surface area contributed by atoms with Crippen molar-refractivity contribution in [3.63, 3.8) is 0 Å². The third-order valence-corrected chi connectivity index (χ3v) is 3.79. The summed E-state index contributed by atoms with van der Waals surface area (Å²) in [6.07, 6.45) is 1.89. The topological polar surface area (TPSA) is 88.1 Å². The van der Waals surface area contributed by atoms with Crippen molar-refractivity contribution in [3.05, 3.63) is 47.5 Å². The Morgan fingerprint density at radius 1 is 0.828 bits per heavy atom. The first-order chi connectivity index (χ1) is 13.3. The minimum Gasteiger partial charge on any atom is -0.484 e. The van der Waals surface area contributed by atoms with Crippen LogP contribution in [0.25, 0.3) is 11.6 Å². The van der Waals surface area contributed by atoms with Crippen molar-refractivity contribution in [2.45, 2.75) is 20.8 Å². The zero-order valence-corrected chi connectivity index (χ0v) is 17.7. The molecule has 0 amide bonds. The molecule has 3 rings (SSSR count). The molecular weight excluding hydrogens is 395 g/mol. The molecule has 1 unspecified atom stereocenters. The molecule has 0 fully saturated rings. The maximum Gasteiger partial charge on any atom is 0.308 e. The number of esters is 3. The lowest BCUT2D eigenvalue weighted by atomic mass is 10.0. The highest BCUT2D eigenvalue weighted by Gasteiger charge is 2.23.